The van der Waals surface area contributed by atoms with Gasteiger partial charge in [-0.15, -0.1) is 0 Å². The third-order valence-corrected chi connectivity index (χ3v) is 3.11. The van der Waals surface area contributed by atoms with Crippen molar-refractivity contribution in [2.45, 2.75) is 13.8 Å². The smallest absolute Gasteiger partial charge is 0.258 e. The molecule has 1 amide bonds. The fourth-order valence-electron chi connectivity index (χ4n) is 1.76. The van der Waals surface area contributed by atoms with Crippen LogP contribution in [-0.4, -0.2) is 5.91 Å². The van der Waals surface area contributed by atoms with Crippen LogP contribution in [0, 0.1) is 37.1 Å². The summed E-state index contributed by atoms with van der Waals surface area (Å²) in [4.78, 5) is 11.8. The van der Waals surface area contributed by atoms with Gasteiger partial charge in [0.2, 0.25) is 0 Å². The van der Waals surface area contributed by atoms with E-state index >= 15 is 0 Å². The van der Waals surface area contributed by atoms with E-state index in [1.807, 2.05) is 13.8 Å². The number of benzene rings is 2. The zero-order chi connectivity index (χ0) is 15.7. The van der Waals surface area contributed by atoms with Gasteiger partial charge in [-0.05, 0) is 43.2 Å². The van der Waals surface area contributed by atoms with Crippen molar-refractivity contribution in [2.75, 3.05) is 5.32 Å². The van der Waals surface area contributed by atoms with Gasteiger partial charge in [-0.25, -0.2) is 17.6 Å². The average Bonchev–Trinajstić information content (AvgIpc) is 2.44. The van der Waals surface area contributed by atoms with Crippen LogP contribution in [0.25, 0.3) is 0 Å². The molecule has 0 aliphatic rings. The number of hydrogen-bond donors (Lipinski definition) is 1. The van der Waals surface area contributed by atoms with E-state index in [9.17, 15) is 22.4 Å². The summed E-state index contributed by atoms with van der Waals surface area (Å²) in [6.07, 6.45) is 0. The molecule has 0 atom stereocenters. The van der Waals surface area contributed by atoms with E-state index in [1.54, 1.807) is 18.2 Å². The third-order valence-electron chi connectivity index (χ3n) is 3.11. The van der Waals surface area contributed by atoms with Gasteiger partial charge in [0.1, 0.15) is 0 Å². The highest BCUT2D eigenvalue weighted by Crippen LogP contribution is 2.21. The van der Waals surface area contributed by atoms with Gasteiger partial charge in [0.25, 0.3) is 5.91 Å². The average molecular weight is 297 g/mol. The Labute approximate surface area is 118 Å². The van der Waals surface area contributed by atoms with Crippen LogP contribution >= 0.6 is 0 Å². The maximum absolute atomic E-state index is 13.5. The maximum atomic E-state index is 13.5. The van der Waals surface area contributed by atoms with Gasteiger partial charge >= 0.3 is 0 Å². The number of hydrogen-bond acceptors (Lipinski definition) is 1. The van der Waals surface area contributed by atoms with Crippen molar-refractivity contribution < 1.29 is 22.4 Å². The topological polar surface area (TPSA) is 29.1 Å². The first kappa shape index (κ1) is 15.0. The Morgan fingerprint density at radius 1 is 0.905 bits per heavy atom. The Morgan fingerprint density at radius 2 is 1.57 bits per heavy atom. The molecule has 1 N–H and O–H groups in total. The van der Waals surface area contributed by atoms with E-state index in [1.165, 1.54) is 0 Å². The van der Waals surface area contributed by atoms with Crippen LogP contribution in [0.1, 0.15) is 21.5 Å². The lowest BCUT2D eigenvalue weighted by atomic mass is 10.1. The monoisotopic (exact) mass is 297 g/mol. The van der Waals surface area contributed by atoms with Crippen molar-refractivity contribution in [1.82, 2.24) is 0 Å². The quantitative estimate of drug-likeness (QED) is 0.504. The molecule has 0 radical (unpaired) electrons. The molecule has 0 aromatic heterocycles. The number of rotatable bonds is 2. The van der Waals surface area contributed by atoms with Crippen LogP contribution < -0.4 is 5.32 Å². The van der Waals surface area contributed by atoms with E-state index in [0.29, 0.717) is 11.8 Å². The van der Waals surface area contributed by atoms with Crippen molar-refractivity contribution >= 4 is 11.6 Å². The van der Waals surface area contributed by atoms with Gasteiger partial charge in [-0.1, -0.05) is 6.07 Å². The highest BCUT2D eigenvalue weighted by molar-refractivity contribution is 6.04. The molecule has 0 saturated heterocycles. The summed E-state index contributed by atoms with van der Waals surface area (Å²) in [6.45, 7) is 3.67. The fraction of sp³-hybridized carbons (Fsp3) is 0.133. The lowest BCUT2D eigenvalue weighted by Gasteiger charge is -2.09. The first-order valence-electron chi connectivity index (χ1n) is 6.03. The van der Waals surface area contributed by atoms with Crippen molar-refractivity contribution in [3.8, 4) is 0 Å². The van der Waals surface area contributed by atoms with Crippen LogP contribution in [0.2, 0.25) is 0 Å². The molecular formula is C15H11F4NO. The second-order valence-corrected chi connectivity index (χ2v) is 4.60. The molecule has 6 heteroatoms. The summed E-state index contributed by atoms with van der Waals surface area (Å²) in [5, 5.41) is 2.31. The normalized spacial score (nSPS) is 10.6. The van der Waals surface area contributed by atoms with Crippen LogP contribution in [0.4, 0.5) is 23.2 Å². The lowest BCUT2D eigenvalue weighted by Crippen LogP contribution is -2.16. The zero-order valence-electron chi connectivity index (χ0n) is 11.2. The molecule has 2 nitrogen and oxygen atoms in total. The summed E-state index contributed by atoms with van der Waals surface area (Å²) in [6, 6.07) is 5.24. The molecule has 0 heterocycles. The molecule has 0 saturated carbocycles. The summed E-state index contributed by atoms with van der Waals surface area (Å²) in [5.41, 5.74) is 1.31. The van der Waals surface area contributed by atoms with Crippen LogP contribution in [0.3, 0.4) is 0 Å². The number of carbonyl (C=O) groups excluding carboxylic acids is 1. The summed E-state index contributed by atoms with van der Waals surface area (Å²) < 4.78 is 52.5. The lowest BCUT2D eigenvalue weighted by molar-refractivity contribution is 0.102. The van der Waals surface area contributed by atoms with Crippen LogP contribution in [-0.2, 0) is 0 Å². The summed E-state index contributed by atoms with van der Waals surface area (Å²) in [5.74, 6) is -8.38. The minimum Gasteiger partial charge on any atom is -0.322 e. The van der Waals surface area contributed by atoms with Crippen molar-refractivity contribution in [3.05, 3.63) is 64.2 Å². The van der Waals surface area contributed by atoms with Gasteiger partial charge in [0.15, 0.2) is 23.3 Å². The number of carbonyl (C=O) groups is 1. The molecule has 2 aromatic carbocycles. The number of halogens is 4. The highest BCUT2D eigenvalue weighted by Gasteiger charge is 2.23. The van der Waals surface area contributed by atoms with Crippen LogP contribution in [0.15, 0.2) is 24.3 Å². The van der Waals surface area contributed by atoms with Gasteiger partial charge in [-0.2, -0.15) is 0 Å². The number of aryl methyl sites for hydroxylation is 2. The summed E-state index contributed by atoms with van der Waals surface area (Å²) >= 11 is 0. The van der Waals surface area contributed by atoms with Crippen LogP contribution in [0.5, 0.6) is 0 Å². The minimum absolute atomic E-state index is 0.324. The Bertz CT molecular complexity index is 728. The van der Waals surface area contributed by atoms with E-state index in [-0.39, 0.29) is 0 Å². The predicted molar refractivity (Wildman–Crippen MR) is 70.1 cm³/mol. The fourth-order valence-corrected chi connectivity index (χ4v) is 1.76. The van der Waals surface area contributed by atoms with E-state index < -0.39 is 34.7 Å². The Kier molecular flexibility index (Phi) is 3.97. The van der Waals surface area contributed by atoms with Crippen molar-refractivity contribution in [1.29, 1.82) is 0 Å². The summed E-state index contributed by atoms with van der Waals surface area (Å²) in [7, 11) is 0. The predicted octanol–water partition coefficient (Wildman–Crippen LogP) is 4.11. The zero-order valence-corrected chi connectivity index (χ0v) is 11.2. The van der Waals surface area contributed by atoms with E-state index in [2.05, 4.69) is 5.32 Å². The van der Waals surface area contributed by atoms with Gasteiger partial charge in [-0.3, -0.25) is 4.79 Å². The number of nitrogens with one attached hydrogen (secondary N) is 1. The molecule has 0 aliphatic carbocycles. The molecule has 0 bridgehead atoms. The van der Waals surface area contributed by atoms with Gasteiger partial charge in [0, 0.05) is 5.69 Å². The SMILES string of the molecule is Cc1ccc(NC(=O)c2cc(F)c(F)c(F)c2F)cc1C. The Morgan fingerprint density at radius 3 is 2.19 bits per heavy atom. The highest BCUT2D eigenvalue weighted by atomic mass is 19.2. The van der Waals surface area contributed by atoms with E-state index in [4.69, 9.17) is 0 Å². The third kappa shape index (κ3) is 2.89. The number of anilines is 1. The maximum Gasteiger partial charge on any atom is 0.258 e. The molecule has 0 unspecified atom stereocenters. The number of amides is 1. The minimum atomic E-state index is -2.01. The first-order valence-corrected chi connectivity index (χ1v) is 6.03. The molecule has 2 aromatic rings. The van der Waals surface area contributed by atoms with Crippen molar-refractivity contribution in [3.63, 3.8) is 0 Å². The molecule has 0 aliphatic heterocycles. The van der Waals surface area contributed by atoms with Crippen molar-refractivity contribution in [2.24, 2.45) is 0 Å². The van der Waals surface area contributed by atoms with E-state index in [0.717, 1.165) is 11.1 Å². The Balaban J connectivity index is 2.35. The Hall–Kier alpha value is -2.37. The molecule has 2 rings (SSSR count). The first-order chi connectivity index (χ1) is 9.81. The largest absolute Gasteiger partial charge is 0.322 e. The molecule has 0 fully saturated rings. The molecule has 110 valence electrons. The van der Waals surface area contributed by atoms with Gasteiger partial charge in [0.05, 0.1) is 5.56 Å². The molecule has 0 spiro atoms. The molecular weight excluding hydrogens is 286 g/mol. The standard InChI is InChI=1S/C15H11F4NO/c1-7-3-4-9(5-8(7)2)20-15(21)10-6-11(16)13(18)14(19)12(10)17/h3-6H,1-2H3,(H,20,21). The second kappa shape index (κ2) is 5.55. The molecule has 21 heavy (non-hydrogen) atoms. The van der Waals surface area contributed by atoms with Gasteiger partial charge < -0.3 is 5.32 Å². The second-order valence-electron chi connectivity index (χ2n) is 4.60.